The van der Waals surface area contributed by atoms with Gasteiger partial charge in [0.2, 0.25) is 0 Å². The van der Waals surface area contributed by atoms with E-state index < -0.39 is 40.4 Å². The average molecular weight is 577 g/mol. The van der Waals surface area contributed by atoms with Crippen molar-refractivity contribution in [3.8, 4) is 0 Å². The first-order valence-corrected chi connectivity index (χ1v) is 13.5. The molecule has 5 rings (SSSR count). The Hall–Kier alpha value is -4.68. The van der Waals surface area contributed by atoms with Crippen molar-refractivity contribution in [2.24, 2.45) is 5.73 Å². The first-order valence-electron chi connectivity index (χ1n) is 13.5. The number of piperazine rings is 1. The van der Waals surface area contributed by atoms with Gasteiger partial charge in [0.25, 0.3) is 11.2 Å². The van der Waals surface area contributed by atoms with Crippen molar-refractivity contribution in [3.05, 3.63) is 138 Å². The lowest BCUT2D eigenvalue weighted by molar-refractivity contribution is -0.384. The van der Waals surface area contributed by atoms with E-state index in [4.69, 9.17) is 5.73 Å². The number of benzene rings is 3. The highest BCUT2D eigenvalue weighted by Crippen LogP contribution is 2.19. The summed E-state index contributed by atoms with van der Waals surface area (Å²) in [6, 6.07) is 18.3. The number of anilines is 1. The van der Waals surface area contributed by atoms with E-state index in [0.717, 1.165) is 32.4 Å². The van der Waals surface area contributed by atoms with Gasteiger partial charge in [-0.15, -0.1) is 0 Å². The van der Waals surface area contributed by atoms with Crippen molar-refractivity contribution in [1.29, 1.82) is 0 Å². The lowest BCUT2D eigenvalue weighted by Crippen LogP contribution is -2.50. The third-order valence-corrected chi connectivity index (χ3v) is 7.46. The molecule has 42 heavy (non-hydrogen) atoms. The van der Waals surface area contributed by atoms with E-state index in [1.165, 1.54) is 18.3 Å². The summed E-state index contributed by atoms with van der Waals surface area (Å²) in [4.78, 5) is 41.9. The molecule has 2 N–H and O–H groups in total. The molecule has 1 aliphatic rings. The average Bonchev–Trinajstić information content (AvgIpc) is 2.99. The molecule has 0 saturated carbocycles. The van der Waals surface area contributed by atoms with Gasteiger partial charge in [-0.2, -0.15) is 0 Å². The van der Waals surface area contributed by atoms with Gasteiger partial charge in [0.15, 0.2) is 0 Å². The van der Waals surface area contributed by atoms with Gasteiger partial charge in [-0.05, 0) is 23.3 Å². The van der Waals surface area contributed by atoms with Crippen LogP contribution in [0.3, 0.4) is 0 Å². The van der Waals surface area contributed by atoms with Gasteiger partial charge >= 0.3 is 5.69 Å². The molecule has 1 saturated heterocycles. The molecule has 0 bridgehead atoms. The Labute approximate surface area is 240 Å². The Balaban J connectivity index is 1.43. The summed E-state index contributed by atoms with van der Waals surface area (Å²) in [7, 11) is 0. The van der Waals surface area contributed by atoms with Crippen LogP contribution in [-0.4, -0.2) is 45.1 Å². The Kier molecular flexibility index (Phi) is 8.55. The van der Waals surface area contributed by atoms with E-state index in [1.54, 1.807) is 36.4 Å². The second-order valence-corrected chi connectivity index (χ2v) is 10.2. The summed E-state index contributed by atoms with van der Waals surface area (Å²) in [6.07, 6.45) is 1.36. The molecule has 0 spiro atoms. The highest BCUT2D eigenvalue weighted by Gasteiger charge is 2.24. The second kappa shape index (κ2) is 12.5. The van der Waals surface area contributed by atoms with Crippen LogP contribution in [0.15, 0.2) is 88.6 Å². The molecule has 0 amide bonds. The number of hydrogen-bond donors (Lipinski definition) is 1. The molecule has 0 unspecified atom stereocenters. The molecular weight excluding hydrogens is 546 g/mol. The SMILES string of the molecule is N[C@H](Cn1c(=O)c(N2CCN(Cc3cccc([N+](=O)[O-])c3)CC2)cn(Cc2c(F)cccc2F)c1=O)c1ccccc1. The zero-order valence-electron chi connectivity index (χ0n) is 22.7. The molecule has 1 aromatic heterocycles. The minimum absolute atomic E-state index is 0.0222. The lowest BCUT2D eigenvalue weighted by Gasteiger charge is -2.36. The first-order chi connectivity index (χ1) is 20.2. The van der Waals surface area contributed by atoms with Crippen molar-refractivity contribution < 1.29 is 13.7 Å². The number of nitrogens with two attached hydrogens (primary N) is 1. The van der Waals surface area contributed by atoms with Crippen LogP contribution in [0.25, 0.3) is 0 Å². The van der Waals surface area contributed by atoms with Crippen LogP contribution in [-0.2, 0) is 19.6 Å². The fraction of sp³-hybridized carbons (Fsp3) is 0.267. The van der Waals surface area contributed by atoms with Crippen LogP contribution < -0.4 is 21.9 Å². The highest BCUT2D eigenvalue weighted by atomic mass is 19.1. The third-order valence-electron chi connectivity index (χ3n) is 7.46. The highest BCUT2D eigenvalue weighted by molar-refractivity contribution is 5.43. The van der Waals surface area contributed by atoms with Crippen molar-refractivity contribution in [3.63, 3.8) is 0 Å². The number of nitrogens with zero attached hydrogens (tertiary/aromatic N) is 5. The standard InChI is InChI=1S/C30H30F2N6O4/c31-25-10-5-11-26(32)24(25)18-36-20-28(29(39)37(30(36)40)19-27(33)22-7-2-1-3-8-22)35-14-12-34(13-15-35)17-21-6-4-9-23(16-21)38(41)42/h1-11,16,20,27H,12-15,17-19,33H2/t27-/m1/s1. The van der Waals surface area contributed by atoms with Crippen LogP contribution in [0, 0.1) is 21.7 Å². The Bertz CT molecular complexity index is 1680. The number of rotatable bonds is 9. The summed E-state index contributed by atoms with van der Waals surface area (Å²) < 4.78 is 31.2. The number of nitro groups is 1. The quantitative estimate of drug-likeness (QED) is 0.240. The molecular formula is C30H30F2N6O4. The fourth-order valence-corrected chi connectivity index (χ4v) is 5.16. The first kappa shape index (κ1) is 28.8. The van der Waals surface area contributed by atoms with Crippen LogP contribution in [0.5, 0.6) is 0 Å². The molecule has 12 heteroatoms. The van der Waals surface area contributed by atoms with Gasteiger partial charge in [0.1, 0.15) is 17.3 Å². The van der Waals surface area contributed by atoms with Crippen molar-refractivity contribution in [1.82, 2.24) is 14.0 Å². The maximum absolute atomic E-state index is 14.5. The summed E-state index contributed by atoms with van der Waals surface area (Å²) in [5.74, 6) is -1.59. The van der Waals surface area contributed by atoms with Crippen LogP contribution in [0.2, 0.25) is 0 Å². The van der Waals surface area contributed by atoms with Crippen LogP contribution >= 0.6 is 0 Å². The Morgan fingerprint density at radius 3 is 2.21 bits per heavy atom. The summed E-state index contributed by atoms with van der Waals surface area (Å²) in [6.45, 7) is 1.93. The molecule has 0 radical (unpaired) electrons. The zero-order chi connectivity index (χ0) is 29.8. The monoisotopic (exact) mass is 576 g/mol. The normalized spacial score (nSPS) is 14.6. The summed E-state index contributed by atoms with van der Waals surface area (Å²) in [5, 5.41) is 11.1. The minimum Gasteiger partial charge on any atom is -0.363 e. The second-order valence-electron chi connectivity index (χ2n) is 10.2. The predicted octanol–water partition coefficient (Wildman–Crippen LogP) is 3.27. The number of nitro benzene ring substituents is 1. The van der Waals surface area contributed by atoms with Gasteiger partial charge in [-0.1, -0.05) is 48.5 Å². The van der Waals surface area contributed by atoms with Gasteiger partial charge in [-0.3, -0.25) is 28.9 Å². The van der Waals surface area contributed by atoms with Gasteiger partial charge in [0, 0.05) is 62.7 Å². The maximum Gasteiger partial charge on any atom is 0.331 e. The zero-order valence-corrected chi connectivity index (χ0v) is 22.7. The van der Waals surface area contributed by atoms with E-state index in [-0.39, 0.29) is 23.5 Å². The van der Waals surface area contributed by atoms with E-state index >= 15 is 0 Å². The van der Waals surface area contributed by atoms with Gasteiger partial charge in [0.05, 0.1) is 18.0 Å². The summed E-state index contributed by atoms with van der Waals surface area (Å²) in [5.41, 5.74) is 6.61. The van der Waals surface area contributed by atoms with Crippen molar-refractivity contribution >= 4 is 11.4 Å². The predicted molar refractivity (Wildman–Crippen MR) is 154 cm³/mol. The minimum atomic E-state index is -0.794. The van der Waals surface area contributed by atoms with Gasteiger partial charge < -0.3 is 10.6 Å². The smallest absolute Gasteiger partial charge is 0.331 e. The van der Waals surface area contributed by atoms with Gasteiger partial charge in [-0.25, -0.2) is 13.6 Å². The number of non-ortho nitro benzene ring substituents is 1. The topological polar surface area (TPSA) is 120 Å². The number of hydrogen-bond acceptors (Lipinski definition) is 7. The molecule has 2 heterocycles. The molecule has 218 valence electrons. The van der Waals surface area contributed by atoms with E-state index in [2.05, 4.69) is 4.90 Å². The Morgan fingerprint density at radius 2 is 1.55 bits per heavy atom. The summed E-state index contributed by atoms with van der Waals surface area (Å²) >= 11 is 0. The fourth-order valence-electron chi connectivity index (χ4n) is 5.16. The molecule has 3 aromatic carbocycles. The molecule has 1 atom stereocenters. The third kappa shape index (κ3) is 6.29. The largest absolute Gasteiger partial charge is 0.363 e. The van der Waals surface area contributed by atoms with Crippen LogP contribution in [0.1, 0.15) is 22.7 Å². The van der Waals surface area contributed by atoms with Crippen molar-refractivity contribution in [2.75, 3.05) is 31.1 Å². The molecule has 4 aromatic rings. The van der Waals surface area contributed by atoms with Crippen molar-refractivity contribution in [2.45, 2.75) is 25.7 Å². The molecule has 1 fully saturated rings. The Morgan fingerprint density at radius 1 is 0.881 bits per heavy atom. The molecule has 10 nitrogen and oxygen atoms in total. The molecule has 1 aliphatic heterocycles. The van der Waals surface area contributed by atoms with E-state index in [0.29, 0.717) is 32.7 Å². The van der Waals surface area contributed by atoms with Crippen LogP contribution in [0.4, 0.5) is 20.2 Å². The number of aromatic nitrogens is 2. The maximum atomic E-state index is 14.5. The lowest BCUT2D eigenvalue weighted by atomic mass is 10.1. The number of halogens is 2. The van der Waals surface area contributed by atoms with E-state index in [9.17, 15) is 28.5 Å². The van der Waals surface area contributed by atoms with E-state index in [1.807, 2.05) is 17.0 Å². The molecule has 0 aliphatic carbocycles.